The molecule has 1 fully saturated rings. The van der Waals surface area contributed by atoms with E-state index in [1.807, 2.05) is 6.92 Å². The Bertz CT molecular complexity index is 346. The SMILES string of the molecule is CCN(CC1CCN(C(=O)C(C)CNC)C1)CC(F)(F)F.Cl.Cl. The number of rotatable bonds is 7. The van der Waals surface area contributed by atoms with Gasteiger partial charge in [0.25, 0.3) is 0 Å². The number of carbonyl (C=O) groups is 1. The lowest BCUT2D eigenvalue weighted by Gasteiger charge is -2.25. The van der Waals surface area contributed by atoms with Crippen LogP contribution in [0.2, 0.25) is 0 Å². The van der Waals surface area contributed by atoms with Crippen molar-refractivity contribution < 1.29 is 18.0 Å². The van der Waals surface area contributed by atoms with Gasteiger partial charge in [-0.1, -0.05) is 13.8 Å². The predicted molar refractivity (Wildman–Crippen MR) is 90.4 cm³/mol. The molecule has 0 aromatic heterocycles. The summed E-state index contributed by atoms with van der Waals surface area (Å²) < 4.78 is 37.3. The zero-order chi connectivity index (χ0) is 16.0. The summed E-state index contributed by atoms with van der Waals surface area (Å²) >= 11 is 0. The van der Waals surface area contributed by atoms with Crippen LogP contribution in [0.25, 0.3) is 0 Å². The highest BCUT2D eigenvalue weighted by molar-refractivity contribution is 5.85. The van der Waals surface area contributed by atoms with Crippen molar-refractivity contribution in [2.75, 3.05) is 46.3 Å². The maximum atomic E-state index is 12.4. The number of halogens is 5. The molecule has 1 saturated heterocycles. The minimum Gasteiger partial charge on any atom is -0.342 e. The van der Waals surface area contributed by atoms with Crippen molar-refractivity contribution in [1.82, 2.24) is 15.1 Å². The smallest absolute Gasteiger partial charge is 0.342 e. The molecule has 1 N–H and O–H groups in total. The van der Waals surface area contributed by atoms with E-state index in [0.29, 0.717) is 32.7 Å². The molecule has 1 amide bonds. The number of hydrogen-bond acceptors (Lipinski definition) is 3. The van der Waals surface area contributed by atoms with E-state index in [0.717, 1.165) is 6.42 Å². The minimum atomic E-state index is -4.16. The molecule has 4 nitrogen and oxygen atoms in total. The fraction of sp³-hybridized carbons (Fsp3) is 0.929. The second-order valence-corrected chi connectivity index (χ2v) is 5.84. The zero-order valence-electron chi connectivity index (χ0n) is 13.9. The van der Waals surface area contributed by atoms with E-state index in [-0.39, 0.29) is 42.6 Å². The molecule has 9 heteroatoms. The molecule has 0 spiro atoms. The second kappa shape index (κ2) is 11.3. The first-order valence-electron chi connectivity index (χ1n) is 7.49. The molecule has 0 aliphatic carbocycles. The van der Waals surface area contributed by atoms with Crippen molar-refractivity contribution >= 4 is 30.7 Å². The molecule has 140 valence electrons. The molecule has 0 radical (unpaired) electrons. The van der Waals surface area contributed by atoms with Crippen molar-refractivity contribution in [3.63, 3.8) is 0 Å². The first-order valence-corrected chi connectivity index (χ1v) is 7.49. The molecular formula is C14H28Cl2F3N3O. The third kappa shape index (κ3) is 8.98. The second-order valence-electron chi connectivity index (χ2n) is 5.84. The third-order valence-electron chi connectivity index (χ3n) is 3.90. The predicted octanol–water partition coefficient (Wildman–Crippen LogP) is 2.42. The Morgan fingerprint density at radius 2 is 2.00 bits per heavy atom. The van der Waals surface area contributed by atoms with Gasteiger partial charge >= 0.3 is 6.18 Å². The van der Waals surface area contributed by atoms with E-state index in [2.05, 4.69) is 5.32 Å². The summed E-state index contributed by atoms with van der Waals surface area (Å²) in [5, 5.41) is 2.97. The number of nitrogens with one attached hydrogen (secondary N) is 1. The van der Waals surface area contributed by atoms with Crippen molar-refractivity contribution in [3.05, 3.63) is 0 Å². The normalized spacial score (nSPS) is 19.3. The van der Waals surface area contributed by atoms with Crippen molar-refractivity contribution in [3.8, 4) is 0 Å². The van der Waals surface area contributed by atoms with Crippen molar-refractivity contribution in [2.45, 2.75) is 26.4 Å². The highest BCUT2D eigenvalue weighted by Gasteiger charge is 2.33. The summed E-state index contributed by atoms with van der Waals surface area (Å²) in [4.78, 5) is 15.4. The van der Waals surface area contributed by atoms with Gasteiger partial charge in [-0.05, 0) is 25.9 Å². The van der Waals surface area contributed by atoms with Crippen LogP contribution in [0.5, 0.6) is 0 Å². The van der Waals surface area contributed by atoms with Gasteiger partial charge in [0.05, 0.1) is 6.54 Å². The maximum Gasteiger partial charge on any atom is 0.401 e. The van der Waals surface area contributed by atoms with Gasteiger partial charge < -0.3 is 10.2 Å². The van der Waals surface area contributed by atoms with Gasteiger partial charge in [-0.2, -0.15) is 13.2 Å². The monoisotopic (exact) mass is 381 g/mol. The van der Waals surface area contributed by atoms with Crippen LogP contribution in [-0.2, 0) is 4.79 Å². The van der Waals surface area contributed by atoms with Gasteiger partial charge in [-0.15, -0.1) is 24.8 Å². The van der Waals surface area contributed by atoms with E-state index >= 15 is 0 Å². The Hall–Kier alpha value is -0.240. The number of amides is 1. The summed E-state index contributed by atoms with van der Waals surface area (Å²) in [6.07, 6.45) is -3.38. The zero-order valence-corrected chi connectivity index (χ0v) is 15.5. The summed E-state index contributed by atoms with van der Waals surface area (Å²) in [6.45, 7) is 5.36. The van der Waals surface area contributed by atoms with Gasteiger partial charge in [-0.3, -0.25) is 9.69 Å². The van der Waals surface area contributed by atoms with Gasteiger partial charge in [0.15, 0.2) is 0 Å². The topological polar surface area (TPSA) is 35.6 Å². The van der Waals surface area contributed by atoms with Crippen molar-refractivity contribution in [2.24, 2.45) is 11.8 Å². The fourth-order valence-corrected chi connectivity index (χ4v) is 2.81. The van der Waals surface area contributed by atoms with E-state index < -0.39 is 12.7 Å². The lowest BCUT2D eigenvalue weighted by atomic mass is 10.1. The maximum absolute atomic E-state index is 12.4. The van der Waals surface area contributed by atoms with E-state index in [1.54, 1.807) is 18.9 Å². The molecular weight excluding hydrogens is 354 g/mol. The fourth-order valence-electron chi connectivity index (χ4n) is 2.81. The summed E-state index contributed by atoms with van der Waals surface area (Å²) in [6, 6.07) is 0. The van der Waals surface area contributed by atoms with Crippen LogP contribution < -0.4 is 5.32 Å². The van der Waals surface area contributed by atoms with E-state index in [1.165, 1.54) is 4.90 Å². The molecule has 0 saturated carbocycles. The Balaban J connectivity index is 0. The van der Waals surface area contributed by atoms with Crippen LogP contribution in [0.1, 0.15) is 20.3 Å². The van der Waals surface area contributed by atoms with Gasteiger partial charge in [-0.25, -0.2) is 0 Å². The highest BCUT2D eigenvalue weighted by Crippen LogP contribution is 2.22. The number of nitrogens with zero attached hydrogens (tertiary/aromatic N) is 2. The van der Waals surface area contributed by atoms with E-state index in [9.17, 15) is 18.0 Å². The van der Waals surface area contributed by atoms with Gasteiger partial charge in [0.1, 0.15) is 0 Å². The molecule has 2 atom stereocenters. The van der Waals surface area contributed by atoms with Gasteiger partial charge in [0.2, 0.25) is 5.91 Å². The lowest BCUT2D eigenvalue weighted by molar-refractivity contribution is -0.147. The molecule has 1 aliphatic heterocycles. The third-order valence-corrected chi connectivity index (χ3v) is 3.90. The van der Waals surface area contributed by atoms with Crippen LogP contribution in [0, 0.1) is 11.8 Å². The minimum absolute atomic E-state index is 0. The Kier molecular flexibility index (Phi) is 12.3. The molecule has 2 unspecified atom stereocenters. The van der Waals surface area contributed by atoms with Crippen LogP contribution in [0.15, 0.2) is 0 Å². The van der Waals surface area contributed by atoms with Gasteiger partial charge in [0, 0.05) is 32.1 Å². The number of hydrogen-bond donors (Lipinski definition) is 1. The first kappa shape index (κ1) is 25.0. The molecule has 0 aromatic rings. The largest absolute Gasteiger partial charge is 0.401 e. The number of likely N-dealkylation sites (tertiary alicyclic amines) is 1. The lowest BCUT2D eigenvalue weighted by Crippen LogP contribution is -2.40. The molecule has 1 aliphatic rings. The molecule has 0 aromatic carbocycles. The highest BCUT2D eigenvalue weighted by atomic mass is 35.5. The Morgan fingerprint density at radius 1 is 1.39 bits per heavy atom. The van der Waals surface area contributed by atoms with Crippen LogP contribution in [0.4, 0.5) is 13.2 Å². The summed E-state index contributed by atoms with van der Waals surface area (Å²) in [5.74, 6) is 0.134. The molecule has 23 heavy (non-hydrogen) atoms. The van der Waals surface area contributed by atoms with E-state index in [4.69, 9.17) is 0 Å². The Labute approximate surface area is 149 Å². The quantitative estimate of drug-likeness (QED) is 0.735. The van der Waals surface area contributed by atoms with Crippen molar-refractivity contribution in [1.29, 1.82) is 0 Å². The standard InChI is InChI=1S/C14H26F3N3O.2ClH/c1-4-19(10-14(15,16)17)8-12-5-6-20(9-12)13(21)11(2)7-18-3;;/h11-12,18H,4-10H2,1-3H3;2*1H. The average Bonchev–Trinajstić information content (AvgIpc) is 2.84. The number of alkyl halides is 3. The summed E-state index contributed by atoms with van der Waals surface area (Å²) in [5.41, 5.74) is 0. The van der Waals surface area contributed by atoms with Crippen LogP contribution in [0.3, 0.4) is 0 Å². The number of carbonyl (C=O) groups excluding carboxylic acids is 1. The van der Waals surface area contributed by atoms with Crippen LogP contribution >= 0.6 is 24.8 Å². The summed E-state index contributed by atoms with van der Waals surface area (Å²) in [7, 11) is 1.80. The Morgan fingerprint density at radius 3 is 2.48 bits per heavy atom. The molecule has 0 bridgehead atoms. The average molecular weight is 382 g/mol. The first-order chi connectivity index (χ1) is 9.76. The molecule has 1 rings (SSSR count). The van der Waals surface area contributed by atoms with Crippen LogP contribution in [-0.4, -0.2) is 68.2 Å². The molecule has 1 heterocycles.